The monoisotopic (exact) mass is 296 g/mol. The highest BCUT2D eigenvalue weighted by atomic mass is 16.5. The molecule has 0 atom stereocenters. The summed E-state index contributed by atoms with van der Waals surface area (Å²) in [5.41, 5.74) is 6.02. The third kappa shape index (κ3) is 4.01. The molecule has 6 nitrogen and oxygen atoms in total. The number of ether oxygens (including phenoxy) is 3. The molecule has 0 spiro atoms. The SMILES string of the molecule is CCCN(CCN)C(=O)c1cc(OC)c(OC)cc1OC. The largest absolute Gasteiger partial charge is 0.496 e. The predicted molar refractivity (Wildman–Crippen MR) is 81.3 cm³/mol. The van der Waals surface area contributed by atoms with Crippen LogP contribution in [0.4, 0.5) is 0 Å². The molecule has 1 aromatic carbocycles. The summed E-state index contributed by atoms with van der Waals surface area (Å²) in [4.78, 5) is 14.4. The maximum absolute atomic E-state index is 12.7. The Labute approximate surface area is 125 Å². The molecule has 0 radical (unpaired) electrons. The Morgan fingerprint density at radius 2 is 1.62 bits per heavy atom. The van der Waals surface area contributed by atoms with Gasteiger partial charge in [0.2, 0.25) is 0 Å². The highest BCUT2D eigenvalue weighted by molar-refractivity contribution is 5.97. The van der Waals surface area contributed by atoms with Crippen LogP contribution in [0.3, 0.4) is 0 Å². The van der Waals surface area contributed by atoms with Crippen molar-refractivity contribution in [3.8, 4) is 17.2 Å². The van der Waals surface area contributed by atoms with Gasteiger partial charge in [-0.1, -0.05) is 6.92 Å². The van der Waals surface area contributed by atoms with Crippen LogP contribution in [-0.4, -0.2) is 51.8 Å². The van der Waals surface area contributed by atoms with Crippen LogP contribution in [0.15, 0.2) is 12.1 Å². The first-order valence-corrected chi connectivity index (χ1v) is 6.92. The highest BCUT2D eigenvalue weighted by Crippen LogP contribution is 2.35. The molecule has 1 aromatic rings. The molecule has 0 aliphatic carbocycles. The Morgan fingerprint density at radius 1 is 1.05 bits per heavy atom. The quantitative estimate of drug-likeness (QED) is 0.787. The van der Waals surface area contributed by atoms with E-state index in [-0.39, 0.29) is 5.91 Å². The van der Waals surface area contributed by atoms with E-state index < -0.39 is 0 Å². The zero-order chi connectivity index (χ0) is 15.8. The van der Waals surface area contributed by atoms with Gasteiger partial charge in [-0.3, -0.25) is 4.79 Å². The van der Waals surface area contributed by atoms with Crippen LogP contribution < -0.4 is 19.9 Å². The van der Waals surface area contributed by atoms with Crippen LogP contribution in [0.5, 0.6) is 17.2 Å². The van der Waals surface area contributed by atoms with Crippen molar-refractivity contribution in [1.29, 1.82) is 0 Å². The van der Waals surface area contributed by atoms with Gasteiger partial charge in [-0.05, 0) is 6.42 Å². The molecular weight excluding hydrogens is 272 g/mol. The van der Waals surface area contributed by atoms with E-state index in [0.29, 0.717) is 42.4 Å². The van der Waals surface area contributed by atoms with Crippen LogP contribution in [0.1, 0.15) is 23.7 Å². The van der Waals surface area contributed by atoms with E-state index in [0.717, 1.165) is 6.42 Å². The van der Waals surface area contributed by atoms with Gasteiger partial charge in [-0.25, -0.2) is 0 Å². The Hall–Kier alpha value is -1.95. The zero-order valence-electron chi connectivity index (χ0n) is 13.1. The van der Waals surface area contributed by atoms with E-state index in [1.54, 1.807) is 17.0 Å². The molecule has 0 saturated heterocycles. The number of carbonyl (C=O) groups is 1. The second kappa shape index (κ2) is 8.36. The summed E-state index contributed by atoms with van der Waals surface area (Å²) in [5.74, 6) is 1.34. The minimum absolute atomic E-state index is 0.125. The highest BCUT2D eigenvalue weighted by Gasteiger charge is 2.21. The number of hydrogen-bond donors (Lipinski definition) is 1. The molecule has 1 amide bonds. The lowest BCUT2D eigenvalue weighted by atomic mass is 10.1. The number of nitrogens with zero attached hydrogens (tertiary/aromatic N) is 1. The third-order valence-corrected chi connectivity index (χ3v) is 3.12. The molecule has 1 rings (SSSR count). The number of amides is 1. The summed E-state index contributed by atoms with van der Waals surface area (Å²) in [7, 11) is 4.59. The lowest BCUT2D eigenvalue weighted by Crippen LogP contribution is -2.36. The number of nitrogens with two attached hydrogens (primary N) is 1. The van der Waals surface area contributed by atoms with Gasteiger partial charge in [-0.2, -0.15) is 0 Å². The number of rotatable bonds is 8. The molecular formula is C15H24N2O4. The van der Waals surface area contributed by atoms with E-state index >= 15 is 0 Å². The van der Waals surface area contributed by atoms with Crippen molar-refractivity contribution in [3.63, 3.8) is 0 Å². The van der Waals surface area contributed by atoms with Crippen molar-refractivity contribution < 1.29 is 19.0 Å². The molecule has 2 N–H and O–H groups in total. The molecule has 0 saturated carbocycles. The molecule has 118 valence electrons. The molecule has 0 fully saturated rings. The predicted octanol–water partition coefficient (Wildman–Crippen LogP) is 1.52. The second-order valence-electron chi connectivity index (χ2n) is 4.49. The van der Waals surface area contributed by atoms with Crippen molar-refractivity contribution >= 4 is 5.91 Å². The molecule has 0 aliphatic rings. The number of benzene rings is 1. The van der Waals surface area contributed by atoms with Crippen LogP contribution in [-0.2, 0) is 0 Å². The summed E-state index contributed by atoms with van der Waals surface area (Å²) in [6.45, 7) is 3.59. The van der Waals surface area contributed by atoms with Gasteiger partial charge in [-0.15, -0.1) is 0 Å². The van der Waals surface area contributed by atoms with E-state index in [2.05, 4.69) is 0 Å². The fraction of sp³-hybridized carbons (Fsp3) is 0.533. The van der Waals surface area contributed by atoms with Crippen molar-refractivity contribution in [2.45, 2.75) is 13.3 Å². The van der Waals surface area contributed by atoms with Crippen LogP contribution in [0.25, 0.3) is 0 Å². The fourth-order valence-corrected chi connectivity index (χ4v) is 2.11. The summed E-state index contributed by atoms with van der Waals surface area (Å²) in [6.07, 6.45) is 0.862. The number of hydrogen-bond acceptors (Lipinski definition) is 5. The van der Waals surface area contributed by atoms with Crippen LogP contribution >= 0.6 is 0 Å². The molecule has 0 heterocycles. The van der Waals surface area contributed by atoms with E-state index in [1.807, 2.05) is 6.92 Å². The van der Waals surface area contributed by atoms with Gasteiger partial charge in [0.05, 0.1) is 26.9 Å². The standard InChI is InChI=1S/C15H24N2O4/c1-5-7-17(8-6-16)15(18)11-9-13(20-3)14(21-4)10-12(11)19-2/h9-10H,5-8,16H2,1-4H3. The first-order chi connectivity index (χ1) is 10.1. The maximum atomic E-state index is 12.7. The Morgan fingerprint density at radius 3 is 2.10 bits per heavy atom. The summed E-state index contributed by atoms with van der Waals surface area (Å²) >= 11 is 0. The van der Waals surface area contributed by atoms with E-state index in [4.69, 9.17) is 19.9 Å². The Bertz CT molecular complexity index is 471. The third-order valence-electron chi connectivity index (χ3n) is 3.12. The summed E-state index contributed by atoms with van der Waals surface area (Å²) in [5, 5.41) is 0. The summed E-state index contributed by atoms with van der Waals surface area (Å²) < 4.78 is 15.8. The topological polar surface area (TPSA) is 74.0 Å². The first kappa shape index (κ1) is 17.1. The lowest BCUT2D eigenvalue weighted by molar-refractivity contribution is 0.0756. The van der Waals surface area contributed by atoms with Crippen molar-refractivity contribution in [2.24, 2.45) is 5.73 Å². The molecule has 0 aromatic heterocycles. The molecule has 0 aliphatic heterocycles. The fourth-order valence-electron chi connectivity index (χ4n) is 2.11. The minimum atomic E-state index is -0.125. The molecule has 0 unspecified atom stereocenters. The lowest BCUT2D eigenvalue weighted by Gasteiger charge is -2.23. The van der Waals surface area contributed by atoms with Crippen LogP contribution in [0.2, 0.25) is 0 Å². The van der Waals surface area contributed by atoms with Crippen molar-refractivity contribution in [1.82, 2.24) is 4.90 Å². The normalized spacial score (nSPS) is 10.1. The Kier molecular flexibility index (Phi) is 6.81. The van der Waals surface area contributed by atoms with Gasteiger partial charge >= 0.3 is 0 Å². The number of carbonyl (C=O) groups excluding carboxylic acids is 1. The second-order valence-corrected chi connectivity index (χ2v) is 4.49. The van der Waals surface area contributed by atoms with Crippen molar-refractivity contribution in [2.75, 3.05) is 41.0 Å². The first-order valence-electron chi connectivity index (χ1n) is 6.92. The van der Waals surface area contributed by atoms with Crippen molar-refractivity contribution in [3.05, 3.63) is 17.7 Å². The van der Waals surface area contributed by atoms with E-state index in [9.17, 15) is 4.79 Å². The van der Waals surface area contributed by atoms with E-state index in [1.165, 1.54) is 21.3 Å². The smallest absolute Gasteiger partial charge is 0.257 e. The van der Waals surface area contributed by atoms with Gasteiger partial charge in [0.25, 0.3) is 5.91 Å². The van der Waals surface area contributed by atoms with Gasteiger partial charge in [0.1, 0.15) is 5.75 Å². The van der Waals surface area contributed by atoms with Gasteiger partial charge < -0.3 is 24.8 Å². The molecule has 0 bridgehead atoms. The molecule has 6 heteroatoms. The maximum Gasteiger partial charge on any atom is 0.257 e. The average molecular weight is 296 g/mol. The minimum Gasteiger partial charge on any atom is -0.496 e. The summed E-state index contributed by atoms with van der Waals surface area (Å²) in [6, 6.07) is 3.29. The van der Waals surface area contributed by atoms with Gasteiger partial charge in [0.15, 0.2) is 11.5 Å². The zero-order valence-corrected chi connectivity index (χ0v) is 13.1. The van der Waals surface area contributed by atoms with Crippen LogP contribution in [0, 0.1) is 0 Å². The van der Waals surface area contributed by atoms with Gasteiger partial charge in [0, 0.05) is 31.8 Å². The Balaban J connectivity index is 3.22. The molecule has 21 heavy (non-hydrogen) atoms. The number of methoxy groups -OCH3 is 3. The average Bonchev–Trinajstić information content (AvgIpc) is 2.52.